The maximum Gasteiger partial charge on any atom is 0.251 e. The fourth-order valence-electron chi connectivity index (χ4n) is 2.25. The van der Waals surface area contributed by atoms with E-state index in [4.69, 9.17) is 5.73 Å². The van der Waals surface area contributed by atoms with Crippen LogP contribution in [-0.2, 0) is 11.2 Å². The molecule has 5 heteroatoms. The standard InChI is InChI=1S/C19H23N3O2/c1-2-3-11-21-19(24)15-5-4-6-17(13-15)22-18(23)12-14-7-9-16(20)10-8-14/h4-10,13H,2-3,11-12,20H2,1H3,(H,21,24)(H,22,23). The van der Waals surface area contributed by atoms with Crippen LogP contribution in [0.3, 0.4) is 0 Å². The first-order valence-electron chi connectivity index (χ1n) is 8.11. The molecule has 2 rings (SSSR count). The summed E-state index contributed by atoms with van der Waals surface area (Å²) in [5, 5.41) is 5.68. The summed E-state index contributed by atoms with van der Waals surface area (Å²) in [7, 11) is 0. The molecule has 0 aromatic heterocycles. The largest absolute Gasteiger partial charge is 0.399 e. The highest BCUT2D eigenvalue weighted by Crippen LogP contribution is 2.12. The van der Waals surface area contributed by atoms with E-state index in [9.17, 15) is 9.59 Å². The molecule has 2 aromatic rings. The summed E-state index contributed by atoms with van der Waals surface area (Å²) in [6, 6.07) is 14.1. The molecule has 0 aliphatic carbocycles. The van der Waals surface area contributed by atoms with Gasteiger partial charge in [0.1, 0.15) is 0 Å². The molecule has 0 saturated carbocycles. The van der Waals surface area contributed by atoms with Gasteiger partial charge in [0, 0.05) is 23.5 Å². The van der Waals surface area contributed by atoms with Gasteiger partial charge in [0.05, 0.1) is 6.42 Å². The second kappa shape index (κ2) is 8.72. The molecule has 0 aliphatic rings. The molecule has 5 nitrogen and oxygen atoms in total. The molecule has 0 unspecified atom stereocenters. The number of hydrogen-bond acceptors (Lipinski definition) is 3. The molecule has 0 saturated heterocycles. The van der Waals surface area contributed by atoms with Crippen molar-refractivity contribution in [1.82, 2.24) is 5.32 Å². The average molecular weight is 325 g/mol. The highest BCUT2D eigenvalue weighted by Gasteiger charge is 2.08. The number of nitrogens with two attached hydrogens (primary N) is 1. The van der Waals surface area contributed by atoms with Gasteiger partial charge in [-0.3, -0.25) is 9.59 Å². The molecular weight excluding hydrogens is 302 g/mol. The Balaban J connectivity index is 1.94. The number of unbranched alkanes of at least 4 members (excludes halogenated alkanes) is 1. The van der Waals surface area contributed by atoms with Gasteiger partial charge in [0.2, 0.25) is 5.91 Å². The molecule has 0 aliphatic heterocycles. The lowest BCUT2D eigenvalue weighted by Gasteiger charge is -2.08. The average Bonchev–Trinajstić information content (AvgIpc) is 2.57. The second-order valence-electron chi connectivity index (χ2n) is 5.66. The van der Waals surface area contributed by atoms with Gasteiger partial charge in [0.15, 0.2) is 0 Å². The van der Waals surface area contributed by atoms with Crippen molar-refractivity contribution in [1.29, 1.82) is 0 Å². The first-order chi connectivity index (χ1) is 11.6. The number of carbonyl (C=O) groups is 2. The second-order valence-corrected chi connectivity index (χ2v) is 5.66. The molecule has 24 heavy (non-hydrogen) atoms. The Morgan fingerprint density at radius 1 is 1.08 bits per heavy atom. The highest BCUT2D eigenvalue weighted by atomic mass is 16.2. The van der Waals surface area contributed by atoms with Crippen molar-refractivity contribution in [2.24, 2.45) is 0 Å². The minimum absolute atomic E-state index is 0.127. The van der Waals surface area contributed by atoms with Crippen LogP contribution in [0.15, 0.2) is 48.5 Å². The van der Waals surface area contributed by atoms with Crippen LogP contribution in [0, 0.1) is 0 Å². The summed E-state index contributed by atoms with van der Waals surface area (Å²) in [4.78, 5) is 24.2. The summed E-state index contributed by atoms with van der Waals surface area (Å²) in [5.41, 5.74) is 8.33. The summed E-state index contributed by atoms with van der Waals surface area (Å²) >= 11 is 0. The smallest absolute Gasteiger partial charge is 0.251 e. The third kappa shape index (κ3) is 5.43. The van der Waals surface area contributed by atoms with E-state index in [1.807, 2.05) is 12.1 Å². The predicted octanol–water partition coefficient (Wildman–Crippen LogP) is 2.98. The quantitative estimate of drug-likeness (QED) is 0.540. The Morgan fingerprint density at radius 3 is 2.54 bits per heavy atom. The number of amides is 2. The van der Waals surface area contributed by atoms with E-state index in [1.165, 1.54) is 0 Å². The third-order valence-electron chi connectivity index (χ3n) is 3.57. The minimum atomic E-state index is -0.136. The number of anilines is 2. The van der Waals surface area contributed by atoms with Crippen LogP contribution in [-0.4, -0.2) is 18.4 Å². The van der Waals surface area contributed by atoms with Crippen LogP contribution in [0.4, 0.5) is 11.4 Å². The number of carbonyl (C=O) groups excluding carboxylic acids is 2. The number of rotatable bonds is 7. The highest BCUT2D eigenvalue weighted by molar-refractivity contribution is 5.97. The minimum Gasteiger partial charge on any atom is -0.399 e. The van der Waals surface area contributed by atoms with E-state index in [2.05, 4.69) is 17.6 Å². The van der Waals surface area contributed by atoms with Crippen molar-refractivity contribution < 1.29 is 9.59 Å². The zero-order chi connectivity index (χ0) is 17.4. The molecule has 0 bridgehead atoms. The Kier molecular flexibility index (Phi) is 6.37. The maximum absolute atomic E-state index is 12.1. The molecule has 4 N–H and O–H groups in total. The number of hydrogen-bond donors (Lipinski definition) is 3. The van der Waals surface area contributed by atoms with Gasteiger partial charge in [0.25, 0.3) is 5.91 Å². The van der Waals surface area contributed by atoms with Gasteiger partial charge in [-0.1, -0.05) is 31.5 Å². The normalized spacial score (nSPS) is 10.2. The van der Waals surface area contributed by atoms with Crippen molar-refractivity contribution in [3.8, 4) is 0 Å². The van der Waals surface area contributed by atoms with Gasteiger partial charge >= 0.3 is 0 Å². The maximum atomic E-state index is 12.1. The Morgan fingerprint density at radius 2 is 1.83 bits per heavy atom. The summed E-state index contributed by atoms with van der Waals surface area (Å²) < 4.78 is 0. The van der Waals surface area contributed by atoms with Gasteiger partial charge < -0.3 is 16.4 Å². The van der Waals surface area contributed by atoms with Crippen molar-refractivity contribution in [2.75, 3.05) is 17.6 Å². The zero-order valence-corrected chi connectivity index (χ0v) is 13.8. The summed E-state index contributed by atoms with van der Waals surface area (Å²) in [6.45, 7) is 2.73. The Labute approximate surface area is 142 Å². The van der Waals surface area contributed by atoms with Crippen LogP contribution in [0.5, 0.6) is 0 Å². The lowest BCUT2D eigenvalue weighted by atomic mass is 10.1. The fraction of sp³-hybridized carbons (Fsp3) is 0.263. The van der Waals surface area contributed by atoms with E-state index in [0.29, 0.717) is 23.5 Å². The topological polar surface area (TPSA) is 84.2 Å². The van der Waals surface area contributed by atoms with Crippen LogP contribution in [0.25, 0.3) is 0 Å². The van der Waals surface area contributed by atoms with Crippen LogP contribution >= 0.6 is 0 Å². The van der Waals surface area contributed by atoms with E-state index >= 15 is 0 Å². The SMILES string of the molecule is CCCCNC(=O)c1cccc(NC(=O)Cc2ccc(N)cc2)c1. The van der Waals surface area contributed by atoms with E-state index < -0.39 is 0 Å². The van der Waals surface area contributed by atoms with Crippen molar-refractivity contribution in [3.63, 3.8) is 0 Å². The predicted molar refractivity (Wildman–Crippen MR) is 96.9 cm³/mol. The van der Waals surface area contributed by atoms with Gasteiger partial charge in [-0.15, -0.1) is 0 Å². The van der Waals surface area contributed by atoms with Crippen LogP contribution in [0.1, 0.15) is 35.7 Å². The molecule has 2 amide bonds. The summed E-state index contributed by atoms with van der Waals surface area (Å²) in [5.74, 6) is -0.263. The number of nitrogens with one attached hydrogen (secondary N) is 2. The van der Waals surface area contributed by atoms with E-state index in [1.54, 1.807) is 36.4 Å². The molecule has 2 aromatic carbocycles. The molecular formula is C19H23N3O2. The number of nitrogen functional groups attached to an aromatic ring is 1. The molecule has 126 valence electrons. The zero-order valence-electron chi connectivity index (χ0n) is 13.8. The number of benzene rings is 2. The first-order valence-corrected chi connectivity index (χ1v) is 8.11. The lowest BCUT2D eigenvalue weighted by molar-refractivity contribution is -0.115. The molecule has 0 spiro atoms. The molecule has 0 radical (unpaired) electrons. The molecule has 0 heterocycles. The van der Waals surface area contributed by atoms with Crippen molar-refractivity contribution in [2.45, 2.75) is 26.2 Å². The Hall–Kier alpha value is -2.82. The van der Waals surface area contributed by atoms with Crippen molar-refractivity contribution in [3.05, 3.63) is 59.7 Å². The van der Waals surface area contributed by atoms with Crippen LogP contribution < -0.4 is 16.4 Å². The third-order valence-corrected chi connectivity index (χ3v) is 3.57. The van der Waals surface area contributed by atoms with Gasteiger partial charge in [-0.2, -0.15) is 0 Å². The first kappa shape index (κ1) is 17.5. The fourth-order valence-corrected chi connectivity index (χ4v) is 2.25. The monoisotopic (exact) mass is 325 g/mol. The molecule has 0 fully saturated rings. The Bertz CT molecular complexity index is 696. The summed E-state index contributed by atoms with van der Waals surface area (Å²) in [6.07, 6.45) is 2.23. The van der Waals surface area contributed by atoms with Crippen molar-refractivity contribution >= 4 is 23.2 Å². The molecule has 0 atom stereocenters. The lowest BCUT2D eigenvalue weighted by Crippen LogP contribution is -2.24. The van der Waals surface area contributed by atoms with Gasteiger partial charge in [-0.05, 0) is 42.3 Å². The van der Waals surface area contributed by atoms with Crippen LogP contribution in [0.2, 0.25) is 0 Å². The van der Waals surface area contributed by atoms with E-state index in [-0.39, 0.29) is 18.2 Å². The van der Waals surface area contributed by atoms with Gasteiger partial charge in [-0.25, -0.2) is 0 Å². The van der Waals surface area contributed by atoms with E-state index in [0.717, 1.165) is 18.4 Å².